The number of halogens is 3. The van der Waals surface area contributed by atoms with Crippen molar-refractivity contribution in [3.8, 4) is 5.75 Å². The third-order valence-corrected chi connectivity index (χ3v) is 8.82. The Labute approximate surface area is 219 Å². The molecule has 0 saturated carbocycles. The van der Waals surface area contributed by atoms with Gasteiger partial charge in [0.05, 0.1) is 13.3 Å². The molecular formula is C21H24F3N7O5S2. The number of sulfonamides is 1. The molecule has 0 radical (unpaired) electrons. The lowest BCUT2D eigenvalue weighted by Crippen LogP contribution is -2.50. The summed E-state index contributed by atoms with van der Waals surface area (Å²) in [6.07, 6.45) is -3.24. The van der Waals surface area contributed by atoms with E-state index >= 15 is 0 Å². The number of fused-ring (bicyclic) bond motifs is 1. The number of amides is 1. The molecule has 1 aliphatic heterocycles. The maximum absolute atomic E-state index is 13.0. The number of nitrogens with zero attached hydrogens (tertiary/aromatic N) is 5. The van der Waals surface area contributed by atoms with Crippen LogP contribution in [0.5, 0.6) is 5.75 Å². The van der Waals surface area contributed by atoms with Gasteiger partial charge in [-0.25, -0.2) is 28.2 Å². The van der Waals surface area contributed by atoms with Crippen molar-refractivity contribution in [2.45, 2.75) is 23.5 Å². The normalized spacial score (nSPS) is 16.2. The van der Waals surface area contributed by atoms with E-state index in [0.717, 1.165) is 17.7 Å². The summed E-state index contributed by atoms with van der Waals surface area (Å²) in [5.74, 6) is -0.0579. The van der Waals surface area contributed by atoms with Gasteiger partial charge in [0.25, 0.3) is 10.0 Å². The summed E-state index contributed by atoms with van der Waals surface area (Å²) < 4.78 is 74.2. The Bertz CT molecular complexity index is 1400. The molecule has 0 spiro atoms. The lowest BCUT2D eigenvalue weighted by atomic mass is 10.2. The summed E-state index contributed by atoms with van der Waals surface area (Å²) in [5.41, 5.74) is 0.0290. The second-order valence-electron chi connectivity index (χ2n) is 8.27. The molecule has 1 fully saturated rings. The Morgan fingerprint density at radius 2 is 1.92 bits per heavy atom. The van der Waals surface area contributed by atoms with E-state index in [9.17, 15) is 26.4 Å². The van der Waals surface area contributed by atoms with Crippen LogP contribution in [0.25, 0.3) is 10.9 Å². The molecule has 206 valence electrons. The van der Waals surface area contributed by atoms with Crippen molar-refractivity contribution in [2.24, 2.45) is 0 Å². The number of piperazine rings is 1. The second-order valence-corrected chi connectivity index (χ2v) is 11.5. The maximum Gasteiger partial charge on any atom is 0.573 e. The van der Waals surface area contributed by atoms with Gasteiger partial charge in [-0.2, -0.15) is 4.31 Å². The van der Waals surface area contributed by atoms with Crippen LogP contribution < -0.4 is 15.4 Å². The summed E-state index contributed by atoms with van der Waals surface area (Å²) in [4.78, 5) is 25.4. The number of anilines is 2. The number of benzene rings is 1. The lowest BCUT2D eigenvalue weighted by Gasteiger charge is -2.35. The zero-order chi connectivity index (χ0) is 27.5. The molecule has 17 heteroatoms. The molecule has 0 bridgehead atoms. The van der Waals surface area contributed by atoms with E-state index in [1.807, 2.05) is 6.92 Å². The third-order valence-electron chi connectivity index (χ3n) is 5.57. The van der Waals surface area contributed by atoms with Gasteiger partial charge in [-0.15, -0.1) is 13.2 Å². The monoisotopic (exact) mass is 575 g/mol. The van der Waals surface area contributed by atoms with Gasteiger partial charge in [0.15, 0.2) is 15.1 Å². The number of hydrogen-bond donors (Lipinski definition) is 2. The molecule has 38 heavy (non-hydrogen) atoms. The molecule has 1 aromatic carbocycles. The number of ether oxygens (including phenoxy) is 2. The first kappa shape index (κ1) is 27.7. The van der Waals surface area contributed by atoms with E-state index in [2.05, 4.69) is 40.0 Å². The molecule has 1 atom stereocenters. The van der Waals surface area contributed by atoms with E-state index in [4.69, 9.17) is 0 Å². The number of carbonyl (C=O) groups is 1. The van der Waals surface area contributed by atoms with Crippen LogP contribution in [0, 0.1) is 0 Å². The Morgan fingerprint density at radius 3 is 2.61 bits per heavy atom. The van der Waals surface area contributed by atoms with Gasteiger partial charge in [-0.1, -0.05) is 17.4 Å². The van der Waals surface area contributed by atoms with Crippen LogP contribution in [0.15, 0.2) is 34.9 Å². The zero-order valence-electron chi connectivity index (χ0n) is 20.2. The SMILES string of the molecule is COC(=O)Nc1ncc(S(=O)(=O)N2CCN(C[C@H](C)Nc3ncnc4c(OC(F)(F)F)cccc34)CC2)s1. The van der Waals surface area contributed by atoms with Gasteiger partial charge in [0.2, 0.25) is 0 Å². The number of alkyl halides is 3. The predicted octanol–water partition coefficient (Wildman–Crippen LogP) is 2.97. The smallest absolute Gasteiger partial charge is 0.453 e. The number of thiazole rings is 1. The first-order chi connectivity index (χ1) is 18.0. The molecule has 1 aliphatic rings. The Balaban J connectivity index is 1.35. The average Bonchev–Trinajstić information content (AvgIpc) is 3.33. The van der Waals surface area contributed by atoms with Crippen molar-refractivity contribution in [3.63, 3.8) is 0 Å². The molecule has 4 rings (SSSR count). The molecule has 3 aromatic rings. The molecule has 2 aromatic heterocycles. The summed E-state index contributed by atoms with van der Waals surface area (Å²) in [6, 6.07) is 4.05. The van der Waals surface area contributed by atoms with Gasteiger partial charge in [-0.05, 0) is 19.1 Å². The first-order valence-electron chi connectivity index (χ1n) is 11.3. The topological polar surface area (TPSA) is 139 Å². The number of carbonyl (C=O) groups excluding carboxylic acids is 1. The quantitative estimate of drug-likeness (QED) is 0.412. The number of hydrogen-bond acceptors (Lipinski definition) is 11. The van der Waals surface area contributed by atoms with Crippen LogP contribution in [0.3, 0.4) is 0 Å². The number of aromatic nitrogens is 3. The van der Waals surface area contributed by atoms with E-state index in [0.29, 0.717) is 30.8 Å². The summed E-state index contributed by atoms with van der Waals surface area (Å²) in [7, 11) is -2.59. The average molecular weight is 576 g/mol. The second kappa shape index (κ2) is 11.2. The highest BCUT2D eigenvalue weighted by atomic mass is 32.2. The highest BCUT2D eigenvalue weighted by Crippen LogP contribution is 2.32. The predicted molar refractivity (Wildman–Crippen MR) is 133 cm³/mol. The van der Waals surface area contributed by atoms with Crippen LogP contribution in [-0.4, -0.2) is 90.9 Å². The minimum Gasteiger partial charge on any atom is -0.453 e. The molecule has 1 saturated heterocycles. The van der Waals surface area contributed by atoms with Gasteiger partial charge in [0, 0.05) is 44.2 Å². The van der Waals surface area contributed by atoms with E-state index in [1.165, 1.54) is 29.7 Å². The first-order valence-corrected chi connectivity index (χ1v) is 13.5. The van der Waals surface area contributed by atoms with Crippen LogP contribution in [-0.2, 0) is 14.8 Å². The molecule has 2 N–H and O–H groups in total. The van der Waals surface area contributed by atoms with Crippen LogP contribution >= 0.6 is 11.3 Å². The molecule has 3 heterocycles. The van der Waals surface area contributed by atoms with Crippen molar-refractivity contribution in [2.75, 3.05) is 50.5 Å². The van der Waals surface area contributed by atoms with Gasteiger partial charge < -0.3 is 14.8 Å². The number of methoxy groups -OCH3 is 1. The lowest BCUT2D eigenvalue weighted by molar-refractivity contribution is -0.274. The van der Waals surface area contributed by atoms with Gasteiger partial charge >= 0.3 is 12.5 Å². The van der Waals surface area contributed by atoms with Gasteiger partial charge in [0.1, 0.15) is 17.7 Å². The third kappa shape index (κ3) is 6.58. The summed E-state index contributed by atoms with van der Waals surface area (Å²) >= 11 is 0.835. The van der Waals surface area contributed by atoms with Crippen molar-refractivity contribution in [1.29, 1.82) is 0 Å². The Kier molecular flexibility index (Phi) is 8.19. The number of rotatable bonds is 8. The highest BCUT2D eigenvalue weighted by Gasteiger charge is 2.33. The summed E-state index contributed by atoms with van der Waals surface area (Å²) in [5, 5.41) is 6.03. The van der Waals surface area contributed by atoms with Crippen LogP contribution in [0.4, 0.5) is 28.9 Å². The van der Waals surface area contributed by atoms with E-state index in [-0.39, 0.29) is 34.0 Å². The molecular weight excluding hydrogens is 551 g/mol. The van der Waals surface area contributed by atoms with Crippen molar-refractivity contribution >= 4 is 49.3 Å². The van der Waals surface area contributed by atoms with E-state index in [1.54, 1.807) is 6.07 Å². The molecule has 0 unspecified atom stereocenters. The van der Waals surface area contributed by atoms with Crippen LogP contribution in [0.2, 0.25) is 0 Å². The van der Waals surface area contributed by atoms with Crippen molar-refractivity contribution in [3.05, 3.63) is 30.7 Å². The molecule has 0 aliphatic carbocycles. The Hall–Kier alpha value is -3.28. The number of nitrogens with one attached hydrogen (secondary N) is 2. The molecule has 12 nitrogen and oxygen atoms in total. The zero-order valence-corrected chi connectivity index (χ0v) is 21.9. The fraction of sp³-hybridized carbons (Fsp3) is 0.429. The molecule has 1 amide bonds. The standard InChI is InChI=1S/C21H24F3N7O5S2/c1-13(28-18-14-4-3-5-15(36-21(22,23)24)17(14)26-12-27-18)11-30-6-8-31(9-7-30)38(33,34)16-10-25-19(37-16)29-20(32)35-2/h3-5,10,12-13H,6-9,11H2,1-2H3,(H,25,29,32)(H,26,27,28)/t13-/m0/s1. The highest BCUT2D eigenvalue weighted by molar-refractivity contribution is 7.91. The fourth-order valence-electron chi connectivity index (χ4n) is 3.90. The van der Waals surface area contributed by atoms with E-state index < -0.39 is 28.2 Å². The summed E-state index contributed by atoms with van der Waals surface area (Å²) in [6.45, 7) is 3.85. The minimum absolute atomic E-state index is 0.0110. The van der Waals surface area contributed by atoms with Gasteiger partial charge in [-0.3, -0.25) is 10.2 Å². The van der Waals surface area contributed by atoms with Crippen molar-refractivity contribution in [1.82, 2.24) is 24.2 Å². The van der Waals surface area contributed by atoms with Crippen molar-refractivity contribution < 1.29 is 35.9 Å². The van der Waals surface area contributed by atoms with Crippen LogP contribution in [0.1, 0.15) is 6.92 Å². The fourth-order valence-corrected chi connectivity index (χ4v) is 6.50. The number of para-hydroxylation sites is 1. The largest absolute Gasteiger partial charge is 0.573 e. The maximum atomic E-state index is 13.0. The minimum atomic E-state index is -4.85. The Morgan fingerprint density at radius 1 is 1.18 bits per heavy atom.